The monoisotopic (exact) mass is 602 g/mol. The number of carboxylic acids is 2. The van der Waals surface area contributed by atoms with Crippen molar-refractivity contribution in [2.24, 2.45) is 5.92 Å². The van der Waals surface area contributed by atoms with E-state index in [-0.39, 0.29) is 16.1 Å². The first kappa shape index (κ1) is 32.1. The van der Waals surface area contributed by atoms with Crippen LogP contribution < -0.4 is 9.62 Å². The van der Waals surface area contributed by atoms with Crippen LogP contribution in [0.25, 0.3) is 0 Å². The van der Waals surface area contributed by atoms with Gasteiger partial charge in [-0.3, -0.25) is 9.62 Å². The number of alkyl halides is 3. The summed E-state index contributed by atoms with van der Waals surface area (Å²) in [6, 6.07) is 7.99. The number of halogens is 3. The van der Waals surface area contributed by atoms with Crippen LogP contribution in [0.5, 0.6) is 0 Å². The lowest BCUT2D eigenvalue weighted by molar-refractivity contribution is -0.192. The van der Waals surface area contributed by atoms with E-state index in [1.807, 2.05) is 4.90 Å². The summed E-state index contributed by atoms with van der Waals surface area (Å²) in [4.78, 5) is 29.8. The van der Waals surface area contributed by atoms with E-state index in [1.54, 1.807) is 25.1 Å². The molecule has 226 valence electrons. The third-order valence-electron chi connectivity index (χ3n) is 6.85. The molecule has 2 aliphatic rings. The largest absolute Gasteiger partial charge is 0.490 e. The van der Waals surface area contributed by atoms with Crippen LogP contribution in [-0.4, -0.2) is 92.6 Å². The van der Waals surface area contributed by atoms with Crippen molar-refractivity contribution in [1.82, 2.24) is 9.88 Å². The molecule has 2 aliphatic heterocycles. The minimum atomic E-state index is -5.08. The molecule has 3 N–H and O–H groups in total. The van der Waals surface area contributed by atoms with Gasteiger partial charge in [0.2, 0.25) is 0 Å². The maximum absolute atomic E-state index is 12.8. The fourth-order valence-corrected chi connectivity index (χ4v) is 5.90. The highest BCUT2D eigenvalue weighted by molar-refractivity contribution is 7.92. The molecule has 41 heavy (non-hydrogen) atoms. The summed E-state index contributed by atoms with van der Waals surface area (Å²) >= 11 is 0. The van der Waals surface area contributed by atoms with E-state index < -0.39 is 28.1 Å². The first-order valence-corrected chi connectivity index (χ1v) is 14.4. The van der Waals surface area contributed by atoms with Crippen molar-refractivity contribution in [2.75, 3.05) is 55.6 Å². The number of ether oxygens (including phenoxy) is 1. The Balaban J connectivity index is 0.000000587. The second-order valence-electron chi connectivity index (χ2n) is 9.75. The molecule has 0 atom stereocenters. The lowest BCUT2D eigenvalue weighted by atomic mass is 9.93. The number of pyridine rings is 1. The Morgan fingerprint density at radius 1 is 1.10 bits per heavy atom. The first-order valence-electron chi connectivity index (χ1n) is 12.9. The molecule has 2 fully saturated rings. The predicted octanol–water partition coefficient (Wildman–Crippen LogP) is 3.46. The second kappa shape index (κ2) is 14.0. The van der Waals surface area contributed by atoms with Crippen molar-refractivity contribution in [2.45, 2.75) is 37.3 Å². The molecule has 1 aromatic heterocycles. The number of nitrogens with one attached hydrogen (secondary N) is 1. The Kier molecular flexibility index (Phi) is 10.9. The van der Waals surface area contributed by atoms with E-state index >= 15 is 0 Å². The number of nitrogens with zero attached hydrogens (tertiary/aromatic N) is 3. The summed E-state index contributed by atoms with van der Waals surface area (Å²) in [6.07, 6.45) is -0.603. The number of aliphatic carboxylic acids is 1. The number of aromatic nitrogens is 1. The van der Waals surface area contributed by atoms with Crippen molar-refractivity contribution < 1.29 is 46.1 Å². The van der Waals surface area contributed by atoms with E-state index in [0.29, 0.717) is 17.3 Å². The van der Waals surface area contributed by atoms with Gasteiger partial charge in [0.05, 0.1) is 30.0 Å². The van der Waals surface area contributed by atoms with Gasteiger partial charge < -0.3 is 19.8 Å². The summed E-state index contributed by atoms with van der Waals surface area (Å²) in [5.74, 6) is -2.90. The average Bonchev–Trinajstić information content (AvgIpc) is 2.92. The molecule has 4 rings (SSSR count). The lowest BCUT2D eigenvalue weighted by Gasteiger charge is -2.35. The SMILES string of the molecule is Cc1ccccc1S(=O)(=O)Nc1cnc(N2CCC(CCN3CCOCC3)CC2)c(C(=O)O)c1.O=C(O)C(F)(F)F. The standard InChI is InChI=1S/C24H32N4O5S.C2HF3O2/c1-18-4-2-3-5-22(18)34(31,32)26-20-16-21(24(29)30)23(25-17-20)28-10-7-19(8-11-28)6-9-27-12-14-33-15-13-27;3-2(4,5)1(6)7/h2-5,16-17,19,26H,6-15H2,1H3,(H,29,30);(H,6,7). The predicted molar refractivity (Wildman–Crippen MR) is 144 cm³/mol. The third-order valence-corrected chi connectivity index (χ3v) is 8.39. The van der Waals surface area contributed by atoms with Gasteiger partial charge in [-0.05, 0) is 56.3 Å². The summed E-state index contributed by atoms with van der Waals surface area (Å²) in [7, 11) is -3.86. The number of hydrogen-bond donors (Lipinski definition) is 3. The molecule has 0 radical (unpaired) electrons. The number of hydrogen-bond acceptors (Lipinski definition) is 8. The average molecular weight is 603 g/mol. The van der Waals surface area contributed by atoms with Crippen LogP contribution in [0.4, 0.5) is 24.7 Å². The van der Waals surface area contributed by atoms with Crippen molar-refractivity contribution in [3.63, 3.8) is 0 Å². The number of aromatic carboxylic acids is 1. The summed E-state index contributed by atoms with van der Waals surface area (Å²) < 4.78 is 65.2. The van der Waals surface area contributed by atoms with Crippen molar-refractivity contribution in [3.8, 4) is 0 Å². The van der Waals surface area contributed by atoms with E-state index in [4.69, 9.17) is 14.6 Å². The van der Waals surface area contributed by atoms with E-state index in [1.165, 1.54) is 18.3 Å². The number of benzene rings is 1. The summed E-state index contributed by atoms with van der Waals surface area (Å²) in [6.45, 7) is 7.84. The molecule has 2 aromatic rings. The Hall–Kier alpha value is -3.43. The van der Waals surface area contributed by atoms with Crippen LogP contribution in [0.1, 0.15) is 35.2 Å². The molecule has 0 bridgehead atoms. The zero-order valence-electron chi connectivity index (χ0n) is 22.4. The number of aryl methyl sites for hydroxylation is 1. The third kappa shape index (κ3) is 9.30. The molecule has 0 amide bonds. The van der Waals surface area contributed by atoms with Gasteiger partial charge in [0, 0.05) is 26.2 Å². The summed E-state index contributed by atoms with van der Waals surface area (Å²) in [5.41, 5.74) is 0.732. The zero-order valence-corrected chi connectivity index (χ0v) is 23.2. The Morgan fingerprint density at radius 2 is 1.71 bits per heavy atom. The maximum Gasteiger partial charge on any atom is 0.490 e. The number of anilines is 2. The van der Waals surface area contributed by atoms with Crippen molar-refractivity contribution >= 4 is 33.5 Å². The fourth-order valence-electron chi connectivity index (χ4n) is 4.61. The number of carboxylic acid groups (broad SMARTS) is 2. The smallest absolute Gasteiger partial charge is 0.478 e. The van der Waals surface area contributed by atoms with Gasteiger partial charge in [-0.2, -0.15) is 13.2 Å². The van der Waals surface area contributed by atoms with E-state index in [0.717, 1.165) is 65.2 Å². The summed E-state index contributed by atoms with van der Waals surface area (Å²) in [5, 5.41) is 16.9. The van der Waals surface area contributed by atoms with Gasteiger partial charge in [-0.1, -0.05) is 18.2 Å². The van der Waals surface area contributed by atoms with Crippen molar-refractivity contribution in [1.29, 1.82) is 0 Å². The first-order chi connectivity index (χ1) is 19.3. The molecular formula is C26H33F3N4O7S. The molecule has 15 heteroatoms. The Labute approximate surface area is 236 Å². The van der Waals surface area contributed by atoms with Gasteiger partial charge in [0.25, 0.3) is 10.0 Å². The molecule has 0 unspecified atom stereocenters. The second-order valence-corrected chi connectivity index (χ2v) is 11.4. The number of piperidine rings is 1. The Morgan fingerprint density at radius 3 is 2.27 bits per heavy atom. The molecule has 1 aromatic carbocycles. The van der Waals surface area contributed by atoms with Gasteiger partial charge in [0.1, 0.15) is 11.4 Å². The van der Waals surface area contributed by atoms with Crippen LogP contribution >= 0.6 is 0 Å². The minimum Gasteiger partial charge on any atom is -0.478 e. The number of morpholine rings is 1. The van der Waals surface area contributed by atoms with Gasteiger partial charge in [-0.15, -0.1) is 0 Å². The van der Waals surface area contributed by atoms with Gasteiger partial charge in [0.15, 0.2) is 0 Å². The van der Waals surface area contributed by atoms with Crippen LogP contribution in [0, 0.1) is 12.8 Å². The molecular weight excluding hydrogens is 569 g/mol. The van der Waals surface area contributed by atoms with E-state index in [2.05, 4.69) is 14.6 Å². The van der Waals surface area contributed by atoms with E-state index in [9.17, 15) is 31.5 Å². The normalized spacial score (nSPS) is 16.9. The Bertz CT molecular complexity index is 1310. The molecule has 0 saturated carbocycles. The highest BCUT2D eigenvalue weighted by Gasteiger charge is 2.38. The van der Waals surface area contributed by atoms with Crippen LogP contribution in [0.3, 0.4) is 0 Å². The topological polar surface area (TPSA) is 149 Å². The maximum atomic E-state index is 12.8. The highest BCUT2D eigenvalue weighted by Crippen LogP contribution is 2.29. The van der Waals surface area contributed by atoms with Crippen LogP contribution in [0.15, 0.2) is 41.4 Å². The van der Waals surface area contributed by atoms with Gasteiger partial charge in [-0.25, -0.2) is 23.0 Å². The molecule has 0 aliphatic carbocycles. The number of carbonyl (C=O) groups is 2. The molecule has 0 spiro atoms. The molecule has 11 nitrogen and oxygen atoms in total. The van der Waals surface area contributed by atoms with Crippen molar-refractivity contribution in [3.05, 3.63) is 47.7 Å². The van der Waals surface area contributed by atoms with Crippen LogP contribution in [0.2, 0.25) is 0 Å². The molecule has 2 saturated heterocycles. The lowest BCUT2D eigenvalue weighted by Crippen LogP contribution is -2.39. The highest BCUT2D eigenvalue weighted by atomic mass is 32.2. The van der Waals surface area contributed by atoms with Crippen LogP contribution in [-0.2, 0) is 19.6 Å². The zero-order chi connectivity index (χ0) is 30.2. The quantitative estimate of drug-likeness (QED) is 0.410. The fraction of sp³-hybridized carbons (Fsp3) is 0.500. The minimum absolute atomic E-state index is 0.00301. The number of sulfonamides is 1. The number of rotatable bonds is 8. The molecule has 3 heterocycles. The van der Waals surface area contributed by atoms with Gasteiger partial charge >= 0.3 is 18.1 Å².